The monoisotopic (exact) mass is 404 g/mol. The number of aromatic nitrogens is 3. The number of rotatable bonds is 6. The Morgan fingerprint density at radius 2 is 1.93 bits per heavy atom. The second-order valence-corrected chi connectivity index (χ2v) is 8.40. The molecule has 0 aromatic carbocycles. The minimum atomic E-state index is -4.83. The standard InChI is InChI=1S/C16H19F3N4O3S/c1-9(2)7-21-15-13(10(3)24)14(16(17,18)19)22-23(15)11-5-6-12(20-8-11)27(4,25)26/h5-6,8-9,21H,7H2,1-4H3. The Bertz CT molecular complexity index is 949. The van der Waals surface area contributed by atoms with Crippen molar-refractivity contribution < 1.29 is 26.4 Å². The Labute approximate surface area is 154 Å². The zero-order valence-corrected chi connectivity index (χ0v) is 15.9. The molecular formula is C16H19F3N4O3S. The van der Waals surface area contributed by atoms with Crippen LogP contribution in [-0.2, 0) is 16.0 Å². The molecule has 0 aliphatic heterocycles. The molecule has 1 N–H and O–H groups in total. The van der Waals surface area contributed by atoms with Crippen molar-refractivity contribution in [3.05, 3.63) is 29.6 Å². The molecule has 2 rings (SSSR count). The lowest BCUT2D eigenvalue weighted by molar-refractivity contribution is -0.141. The van der Waals surface area contributed by atoms with Crippen LogP contribution in [0.5, 0.6) is 0 Å². The summed E-state index contributed by atoms with van der Waals surface area (Å²) in [6, 6.07) is 2.44. The van der Waals surface area contributed by atoms with Crippen molar-refractivity contribution in [2.75, 3.05) is 18.1 Å². The number of pyridine rings is 1. The summed E-state index contributed by atoms with van der Waals surface area (Å²) in [4.78, 5) is 15.7. The van der Waals surface area contributed by atoms with Gasteiger partial charge in [0.05, 0.1) is 17.4 Å². The first-order chi connectivity index (χ1) is 12.3. The highest BCUT2D eigenvalue weighted by Gasteiger charge is 2.41. The van der Waals surface area contributed by atoms with Gasteiger partial charge in [-0.1, -0.05) is 13.8 Å². The fraction of sp³-hybridized carbons (Fsp3) is 0.438. The van der Waals surface area contributed by atoms with E-state index in [-0.39, 0.29) is 22.4 Å². The predicted molar refractivity (Wildman–Crippen MR) is 92.8 cm³/mol. The van der Waals surface area contributed by atoms with Gasteiger partial charge < -0.3 is 5.32 Å². The Hall–Kier alpha value is -2.43. The van der Waals surface area contributed by atoms with E-state index in [4.69, 9.17) is 0 Å². The first kappa shape index (κ1) is 20.9. The minimum Gasteiger partial charge on any atom is -0.369 e. The van der Waals surface area contributed by atoms with Gasteiger partial charge in [-0.05, 0) is 25.0 Å². The van der Waals surface area contributed by atoms with Crippen molar-refractivity contribution in [1.82, 2.24) is 14.8 Å². The summed E-state index contributed by atoms with van der Waals surface area (Å²) in [7, 11) is -3.56. The fourth-order valence-corrected chi connectivity index (χ4v) is 2.88. The zero-order chi connectivity index (χ0) is 20.6. The summed E-state index contributed by atoms with van der Waals surface area (Å²) in [6.45, 7) is 5.04. The summed E-state index contributed by atoms with van der Waals surface area (Å²) in [5.41, 5.74) is -1.80. The Kier molecular flexibility index (Phi) is 5.64. The van der Waals surface area contributed by atoms with E-state index in [0.29, 0.717) is 6.54 Å². The number of Topliss-reactive ketones (excluding diaryl/α,β-unsaturated/α-hetero) is 1. The number of ketones is 1. The van der Waals surface area contributed by atoms with Crippen LogP contribution >= 0.6 is 0 Å². The maximum atomic E-state index is 13.4. The van der Waals surface area contributed by atoms with Crippen molar-refractivity contribution in [2.45, 2.75) is 32.0 Å². The molecule has 0 aliphatic carbocycles. The van der Waals surface area contributed by atoms with Gasteiger partial charge in [-0.15, -0.1) is 0 Å². The molecule has 0 fully saturated rings. The topological polar surface area (TPSA) is 94.0 Å². The van der Waals surface area contributed by atoms with Gasteiger partial charge in [0, 0.05) is 12.8 Å². The van der Waals surface area contributed by atoms with Gasteiger partial charge in [0.2, 0.25) is 0 Å². The number of sulfone groups is 1. The van der Waals surface area contributed by atoms with Crippen molar-refractivity contribution in [3.63, 3.8) is 0 Å². The SMILES string of the molecule is CC(=O)c1c(C(F)(F)F)nn(-c2ccc(S(C)(=O)=O)nc2)c1NCC(C)C. The van der Waals surface area contributed by atoms with E-state index in [1.165, 1.54) is 12.1 Å². The van der Waals surface area contributed by atoms with E-state index in [1.54, 1.807) is 0 Å². The van der Waals surface area contributed by atoms with Crippen molar-refractivity contribution in [3.8, 4) is 5.69 Å². The van der Waals surface area contributed by atoms with Crippen LogP contribution in [0, 0.1) is 5.92 Å². The van der Waals surface area contributed by atoms with Crippen LogP contribution < -0.4 is 5.32 Å². The number of hydrogen-bond acceptors (Lipinski definition) is 6. The van der Waals surface area contributed by atoms with Gasteiger partial charge in [0.15, 0.2) is 26.3 Å². The lowest BCUT2D eigenvalue weighted by Crippen LogP contribution is -2.15. The second kappa shape index (κ2) is 7.29. The number of carbonyl (C=O) groups excluding carboxylic acids is 1. The van der Waals surface area contributed by atoms with Gasteiger partial charge in [-0.3, -0.25) is 4.79 Å². The molecule has 2 aromatic rings. The number of anilines is 1. The average molecular weight is 404 g/mol. The highest BCUT2D eigenvalue weighted by atomic mass is 32.2. The smallest absolute Gasteiger partial charge is 0.369 e. The van der Waals surface area contributed by atoms with Crippen molar-refractivity contribution in [2.24, 2.45) is 5.92 Å². The number of nitrogens with one attached hydrogen (secondary N) is 1. The van der Waals surface area contributed by atoms with Gasteiger partial charge in [-0.2, -0.15) is 18.3 Å². The molecule has 0 unspecified atom stereocenters. The van der Waals surface area contributed by atoms with Gasteiger partial charge in [-0.25, -0.2) is 18.1 Å². The summed E-state index contributed by atoms with van der Waals surface area (Å²) < 4.78 is 64.1. The molecule has 0 spiro atoms. The lowest BCUT2D eigenvalue weighted by Gasteiger charge is -2.13. The van der Waals surface area contributed by atoms with E-state index in [9.17, 15) is 26.4 Å². The summed E-state index contributed by atoms with van der Waals surface area (Å²) in [5.74, 6) is -0.814. The summed E-state index contributed by atoms with van der Waals surface area (Å²) >= 11 is 0. The average Bonchev–Trinajstić information content (AvgIpc) is 2.92. The van der Waals surface area contributed by atoms with Gasteiger partial charge >= 0.3 is 6.18 Å². The number of carbonyl (C=O) groups is 1. The summed E-state index contributed by atoms with van der Waals surface area (Å²) in [6.07, 6.45) is -2.77. The van der Waals surface area contributed by atoms with E-state index in [0.717, 1.165) is 24.1 Å². The Morgan fingerprint density at radius 3 is 2.33 bits per heavy atom. The highest BCUT2D eigenvalue weighted by molar-refractivity contribution is 7.90. The van der Waals surface area contributed by atoms with Crippen LogP contribution in [0.25, 0.3) is 5.69 Å². The third-order valence-electron chi connectivity index (χ3n) is 3.53. The molecule has 2 aromatic heterocycles. The highest BCUT2D eigenvalue weighted by Crippen LogP contribution is 2.36. The zero-order valence-electron chi connectivity index (χ0n) is 15.1. The van der Waals surface area contributed by atoms with Crippen LogP contribution in [0.15, 0.2) is 23.4 Å². The second-order valence-electron chi connectivity index (χ2n) is 6.44. The van der Waals surface area contributed by atoms with E-state index >= 15 is 0 Å². The number of hydrogen-bond donors (Lipinski definition) is 1. The molecule has 0 radical (unpaired) electrons. The fourth-order valence-electron chi connectivity index (χ4n) is 2.32. The third-order valence-corrected chi connectivity index (χ3v) is 4.53. The first-order valence-electron chi connectivity index (χ1n) is 7.94. The molecule has 2 heterocycles. The largest absolute Gasteiger partial charge is 0.435 e. The number of alkyl halides is 3. The molecule has 7 nitrogen and oxygen atoms in total. The molecule has 11 heteroatoms. The maximum absolute atomic E-state index is 13.4. The number of nitrogens with zero attached hydrogens (tertiary/aromatic N) is 3. The molecule has 0 aliphatic rings. The van der Waals surface area contributed by atoms with Gasteiger partial charge in [0.1, 0.15) is 5.82 Å². The van der Waals surface area contributed by atoms with E-state index < -0.39 is 33.1 Å². The molecule has 0 saturated carbocycles. The maximum Gasteiger partial charge on any atom is 0.435 e. The molecule has 0 bridgehead atoms. The normalized spacial score (nSPS) is 12.4. The molecule has 0 saturated heterocycles. The van der Waals surface area contributed by atoms with E-state index in [2.05, 4.69) is 15.4 Å². The van der Waals surface area contributed by atoms with Crippen LogP contribution in [0.3, 0.4) is 0 Å². The van der Waals surface area contributed by atoms with Crippen molar-refractivity contribution >= 4 is 21.4 Å². The lowest BCUT2D eigenvalue weighted by atomic mass is 10.1. The van der Waals surface area contributed by atoms with Crippen LogP contribution in [0.2, 0.25) is 0 Å². The molecule has 27 heavy (non-hydrogen) atoms. The Morgan fingerprint density at radius 1 is 1.30 bits per heavy atom. The van der Waals surface area contributed by atoms with Crippen LogP contribution in [0.4, 0.5) is 19.0 Å². The Balaban J connectivity index is 2.68. The first-order valence-corrected chi connectivity index (χ1v) is 9.83. The number of halogens is 3. The van der Waals surface area contributed by atoms with E-state index in [1.807, 2.05) is 13.8 Å². The van der Waals surface area contributed by atoms with Crippen LogP contribution in [0.1, 0.15) is 36.8 Å². The van der Waals surface area contributed by atoms with Gasteiger partial charge in [0.25, 0.3) is 0 Å². The predicted octanol–water partition coefficient (Wildman–Crippen LogP) is 2.96. The molecule has 148 valence electrons. The van der Waals surface area contributed by atoms with Crippen LogP contribution in [-0.4, -0.2) is 41.8 Å². The minimum absolute atomic E-state index is 0.0895. The third kappa shape index (κ3) is 4.65. The summed E-state index contributed by atoms with van der Waals surface area (Å²) in [5, 5.41) is 6.17. The molecule has 0 atom stereocenters. The molecule has 0 amide bonds. The molecular weight excluding hydrogens is 385 g/mol. The van der Waals surface area contributed by atoms with Crippen molar-refractivity contribution in [1.29, 1.82) is 0 Å². The quantitative estimate of drug-likeness (QED) is 0.744.